The van der Waals surface area contributed by atoms with Crippen LogP contribution in [-0.4, -0.2) is 56.6 Å². The number of carbonyl (C=O) groups excluding carboxylic acids is 1. The Morgan fingerprint density at radius 3 is 2.57 bits per heavy atom. The van der Waals surface area contributed by atoms with Crippen LogP contribution in [0.15, 0.2) is 12.1 Å². The summed E-state index contributed by atoms with van der Waals surface area (Å²) < 4.78 is 0. The van der Waals surface area contributed by atoms with E-state index in [4.69, 9.17) is 0 Å². The van der Waals surface area contributed by atoms with Crippen LogP contribution >= 0.6 is 0 Å². The third-order valence-electron chi connectivity index (χ3n) is 4.72. The molecule has 1 fully saturated rings. The number of hydrogen-bond donors (Lipinski definition) is 1. The van der Waals surface area contributed by atoms with Gasteiger partial charge in [0.2, 0.25) is 5.91 Å². The minimum Gasteiger partial charge on any atom is -0.382 e. The van der Waals surface area contributed by atoms with Crippen LogP contribution in [0.2, 0.25) is 0 Å². The smallest absolute Gasteiger partial charge is 0.219 e. The average Bonchev–Trinajstić information content (AvgIpc) is 2.60. The zero-order valence-electron chi connectivity index (χ0n) is 13.8. The Labute approximate surface area is 137 Å². The maximum Gasteiger partial charge on any atom is 0.219 e. The lowest BCUT2D eigenvalue weighted by molar-refractivity contribution is -0.129. The fourth-order valence-electron chi connectivity index (χ4n) is 3.37. The topological polar surface area (TPSA) is 62.6 Å². The molecule has 1 saturated heterocycles. The van der Waals surface area contributed by atoms with E-state index in [0.29, 0.717) is 18.7 Å². The molecule has 122 valence electrons. The molecule has 0 radical (unpaired) electrons. The lowest BCUT2D eigenvalue weighted by Gasteiger charge is -2.38. The molecule has 6 nitrogen and oxygen atoms in total. The summed E-state index contributed by atoms with van der Waals surface area (Å²) in [6.07, 6.45) is 0. The van der Waals surface area contributed by atoms with E-state index >= 15 is 0 Å². The highest BCUT2D eigenvalue weighted by Gasteiger charge is 2.24. The van der Waals surface area contributed by atoms with Crippen LogP contribution in [0.4, 0.5) is 17.1 Å². The Morgan fingerprint density at radius 2 is 1.96 bits per heavy atom. The van der Waals surface area contributed by atoms with Crippen molar-refractivity contribution in [3.63, 3.8) is 0 Å². The predicted octanol–water partition coefficient (Wildman–Crippen LogP) is 1.48. The van der Waals surface area contributed by atoms with Crippen molar-refractivity contribution in [3.8, 4) is 6.07 Å². The van der Waals surface area contributed by atoms with Gasteiger partial charge >= 0.3 is 0 Å². The molecule has 0 spiro atoms. The number of likely N-dealkylation sites (N-methyl/N-ethyl adjacent to an activating group) is 1. The van der Waals surface area contributed by atoms with E-state index in [1.165, 1.54) is 5.69 Å². The SMILES string of the molecule is CCN1CCNc2cc(C#N)c(N3CCN(C(C)=O)CC3)cc21. The van der Waals surface area contributed by atoms with Crippen molar-refractivity contribution >= 4 is 23.0 Å². The van der Waals surface area contributed by atoms with Gasteiger partial charge in [-0.25, -0.2) is 0 Å². The Hall–Kier alpha value is -2.42. The van der Waals surface area contributed by atoms with E-state index < -0.39 is 0 Å². The van der Waals surface area contributed by atoms with Gasteiger partial charge in [0.25, 0.3) is 0 Å². The second kappa shape index (κ2) is 6.37. The van der Waals surface area contributed by atoms with Crippen molar-refractivity contribution in [3.05, 3.63) is 17.7 Å². The first kappa shape index (κ1) is 15.5. The number of hydrogen-bond acceptors (Lipinski definition) is 5. The number of amides is 1. The van der Waals surface area contributed by atoms with E-state index in [0.717, 1.165) is 44.1 Å². The van der Waals surface area contributed by atoms with Crippen LogP contribution in [0, 0.1) is 11.3 Å². The number of fused-ring (bicyclic) bond motifs is 1. The quantitative estimate of drug-likeness (QED) is 0.896. The van der Waals surface area contributed by atoms with E-state index in [1.54, 1.807) is 6.92 Å². The molecule has 2 heterocycles. The molecule has 1 aromatic rings. The maximum atomic E-state index is 11.5. The van der Waals surface area contributed by atoms with E-state index in [-0.39, 0.29) is 5.91 Å². The van der Waals surface area contributed by atoms with Gasteiger partial charge in [-0.3, -0.25) is 4.79 Å². The van der Waals surface area contributed by atoms with Gasteiger partial charge in [0, 0.05) is 52.7 Å². The van der Waals surface area contributed by atoms with Gasteiger partial charge in [0.05, 0.1) is 22.6 Å². The molecule has 1 aromatic carbocycles. The second-order valence-electron chi connectivity index (χ2n) is 6.00. The average molecular weight is 313 g/mol. The van der Waals surface area contributed by atoms with Crippen LogP contribution in [-0.2, 0) is 4.79 Å². The minimum atomic E-state index is 0.122. The summed E-state index contributed by atoms with van der Waals surface area (Å²) in [6, 6.07) is 6.42. The van der Waals surface area contributed by atoms with Crippen molar-refractivity contribution < 1.29 is 4.79 Å². The summed E-state index contributed by atoms with van der Waals surface area (Å²) in [6.45, 7) is 9.57. The third-order valence-corrected chi connectivity index (χ3v) is 4.72. The second-order valence-corrected chi connectivity index (χ2v) is 6.00. The number of nitrogens with zero attached hydrogens (tertiary/aromatic N) is 4. The molecule has 0 atom stereocenters. The first-order valence-electron chi connectivity index (χ1n) is 8.21. The Morgan fingerprint density at radius 1 is 1.22 bits per heavy atom. The number of anilines is 3. The lowest BCUT2D eigenvalue weighted by Crippen LogP contribution is -2.48. The summed E-state index contributed by atoms with van der Waals surface area (Å²) in [4.78, 5) is 17.9. The Balaban J connectivity index is 1.90. The highest BCUT2D eigenvalue weighted by atomic mass is 16.2. The normalized spacial score (nSPS) is 17.3. The van der Waals surface area contributed by atoms with Crippen molar-refractivity contribution in [2.75, 3.05) is 60.9 Å². The van der Waals surface area contributed by atoms with Crippen LogP contribution in [0.3, 0.4) is 0 Å². The number of nitriles is 1. The molecule has 1 N–H and O–H groups in total. The molecule has 0 bridgehead atoms. The number of piperazine rings is 1. The van der Waals surface area contributed by atoms with Crippen LogP contribution in [0.5, 0.6) is 0 Å². The van der Waals surface area contributed by atoms with Crippen molar-refractivity contribution in [1.82, 2.24) is 4.90 Å². The first-order valence-corrected chi connectivity index (χ1v) is 8.21. The molecule has 3 rings (SSSR count). The maximum absolute atomic E-state index is 11.5. The van der Waals surface area contributed by atoms with E-state index in [1.807, 2.05) is 11.0 Å². The summed E-state index contributed by atoms with van der Waals surface area (Å²) >= 11 is 0. The standard InChI is InChI=1S/C17H23N5O/c1-3-20-5-4-19-15-10-14(12-18)16(11-17(15)20)22-8-6-21(7-9-22)13(2)23/h10-11,19H,3-9H2,1-2H3. The zero-order chi connectivity index (χ0) is 16.4. The highest BCUT2D eigenvalue weighted by molar-refractivity contribution is 5.81. The molecule has 0 aromatic heterocycles. The summed E-state index contributed by atoms with van der Waals surface area (Å²) in [5.74, 6) is 0.122. The molecular formula is C17H23N5O. The lowest BCUT2D eigenvalue weighted by atomic mass is 10.1. The Kier molecular flexibility index (Phi) is 4.28. The van der Waals surface area contributed by atoms with Gasteiger partial charge < -0.3 is 20.0 Å². The molecule has 0 unspecified atom stereocenters. The van der Waals surface area contributed by atoms with Crippen LogP contribution in [0.25, 0.3) is 0 Å². The van der Waals surface area contributed by atoms with Crippen LogP contribution < -0.4 is 15.1 Å². The van der Waals surface area contributed by atoms with Gasteiger partial charge in [0.1, 0.15) is 6.07 Å². The highest BCUT2D eigenvalue weighted by Crippen LogP contribution is 2.36. The summed E-state index contributed by atoms with van der Waals surface area (Å²) in [7, 11) is 0. The predicted molar refractivity (Wildman–Crippen MR) is 92.0 cm³/mol. The van der Waals surface area contributed by atoms with Gasteiger partial charge in [-0.2, -0.15) is 5.26 Å². The van der Waals surface area contributed by atoms with Crippen molar-refractivity contribution in [2.45, 2.75) is 13.8 Å². The zero-order valence-corrected chi connectivity index (χ0v) is 13.8. The van der Waals surface area contributed by atoms with Crippen molar-refractivity contribution in [1.29, 1.82) is 5.26 Å². The van der Waals surface area contributed by atoms with E-state index in [2.05, 4.69) is 34.2 Å². The van der Waals surface area contributed by atoms with Gasteiger partial charge in [-0.1, -0.05) is 0 Å². The molecule has 1 amide bonds. The number of nitrogens with one attached hydrogen (secondary N) is 1. The molecule has 23 heavy (non-hydrogen) atoms. The van der Waals surface area contributed by atoms with Gasteiger partial charge in [-0.05, 0) is 19.1 Å². The number of carbonyl (C=O) groups is 1. The fourth-order valence-corrected chi connectivity index (χ4v) is 3.37. The molecule has 2 aliphatic heterocycles. The summed E-state index contributed by atoms with van der Waals surface area (Å²) in [5.41, 5.74) is 3.89. The third kappa shape index (κ3) is 2.91. The largest absolute Gasteiger partial charge is 0.382 e. The molecule has 0 saturated carbocycles. The molecule has 2 aliphatic rings. The monoisotopic (exact) mass is 313 g/mol. The van der Waals surface area contributed by atoms with Gasteiger partial charge in [-0.15, -0.1) is 0 Å². The van der Waals surface area contributed by atoms with Crippen molar-refractivity contribution in [2.24, 2.45) is 0 Å². The van der Waals surface area contributed by atoms with E-state index in [9.17, 15) is 10.1 Å². The number of rotatable bonds is 2. The molecule has 6 heteroatoms. The first-order chi connectivity index (χ1) is 11.1. The Bertz CT molecular complexity index is 643. The molecule has 0 aliphatic carbocycles. The fraction of sp³-hybridized carbons (Fsp3) is 0.529. The van der Waals surface area contributed by atoms with Crippen LogP contribution in [0.1, 0.15) is 19.4 Å². The summed E-state index contributed by atoms with van der Waals surface area (Å²) in [5, 5.41) is 12.9. The minimum absolute atomic E-state index is 0.122. The van der Waals surface area contributed by atoms with Gasteiger partial charge in [0.15, 0.2) is 0 Å². The number of benzene rings is 1. The molecular weight excluding hydrogens is 290 g/mol.